The summed E-state index contributed by atoms with van der Waals surface area (Å²) in [4.78, 5) is 13.0. The highest BCUT2D eigenvalue weighted by atomic mass is 32.1. The van der Waals surface area contributed by atoms with Crippen molar-refractivity contribution in [3.8, 4) is 0 Å². The third-order valence-corrected chi connectivity index (χ3v) is 4.63. The molecular weight excluding hydrogens is 354 g/mol. The summed E-state index contributed by atoms with van der Waals surface area (Å²) in [5, 5.41) is 6.16. The summed E-state index contributed by atoms with van der Waals surface area (Å²) in [5.74, 6) is -1.90. The SMILES string of the molecule is CCc1c(C)sc(NC(=S)Nc2ccc(F)cc2F)c1C(=O)OC. The second kappa shape index (κ2) is 7.67. The van der Waals surface area contributed by atoms with Gasteiger partial charge in [0.1, 0.15) is 16.6 Å². The van der Waals surface area contributed by atoms with Crippen LogP contribution < -0.4 is 10.6 Å². The first kappa shape index (κ1) is 18.3. The molecule has 4 nitrogen and oxygen atoms in total. The third-order valence-electron chi connectivity index (χ3n) is 3.36. The highest BCUT2D eigenvalue weighted by Crippen LogP contribution is 2.34. The number of hydrogen-bond donors (Lipinski definition) is 2. The molecule has 128 valence electrons. The van der Waals surface area contributed by atoms with Gasteiger partial charge < -0.3 is 15.4 Å². The van der Waals surface area contributed by atoms with Crippen molar-refractivity contribution >= 4 is 45.3 Å². The fourth-order valence-electron chi connectivity index (χ4n) is 2.26. The lowest BCUT2D eigenvalue weighted by molar-refractivity contribution is 0.0601. The molecule has 0 saturated carbocycles. The van der Waals surface area contributed by atoms with Crippen LogP contribution in [-0.2, 0) is 11.2 Å². The van der Waals surface area contributed by atoms with Crippen molar-refractivity contribution in [2.45, 2.75) is 20.3 Å². The summed E-state index contributed by atoms with van der Waals surface area (Å²) in [7, 11) is 1.31. The molecule has 0 fully saturated rings. The number of esters is 1. The van der Waals surface area contributed by atoms with Gasteiger partial charge in [-0.2, -0.15) is 0 Å². The Morgan fingerprint density at radius 1 is 1.33 bits per heavy atom. The molecule has 0 aliphatic carbocycles. The molecule has 0 aliphatic heterocycles. The average Bonchev–Trinajstić information content (AvgIpc) is 2.84. The summed E-state index contributed by atoms with van der Waals surface area (Å²) >= 11 is 6.52. The molecule has 0 aliphatic rings. The molecule has 1 aromatic heterocycles. The molecule has 0 saturated heterocycles. The minimum Gasteiger partial charge on any atom is -0.465 e. The zero-order valence-corrected chi connectivity index (χ0v) is 15.0. The van der Waals surface area contributed by atoms with Crippen molar-refractivity contribution in [3.05, 3.63) is 45.8 Å². The van der Waals surface area contributed by atoms with Crippen LogP contribution in [0.1, 0.15) is 27.7 Å². The first-order valence-corrected chi connectivity index (χ1v) is 8.33. The fraction of sp³-hybridized carbons (Fsp3) is 0.250. The Morgan fingerprint density at radius 3 is 2.62 bits per heavy atom. The summed E-state index contributed by atoms with van der Waals surface area (Å²) in [6, 6.07) is 3.13. The number of rotatable bonds is 4. The van der Waals surface area contributed by atoms with Crippen LogP contribution in [0.5, 0.6) is 0 Å². The van der Waals surface area contributed by atoms with E-state index in [0.29, 0.717) is 17.0 Å². The molecule has 8 heteroatoms. The van der Waals surface area contributed by atoms with E-state index in [0.717, 1.165) is 22.6 Å². The number of methoxy groups -OCH3 is 1. The van der Waals surface area contributed by atoms with Gasteiger partial charge in [-0.15, -0.1) is 11.3 Å². The number of carbonyl (C=O) groups is 1. The molecule has 0 radical (unpaired) electrons. The number of anilines is 2. The van der Waals surface area contributed by atoms with Crippen molar-refractivity contribution in [1.82, 2.24) is 0 Å². The molecule has 1 heterocycles. The molecule has 0 bridgehead atoms. The molecule has 2 aromatic rings. The van der Waals surface area contributed by atoms with Gasteiger partial charge in [0.05, 0.1) is 18.4 Å². The number of halogens is 2. The summed E-state index contributed by atoms with van der Waals surface area (Å²) in [6.07, 6.45) is 0.668. The molecule has 0 spiro atoms. The number of benzene rings is 1. The topological polar surface area (TPSA) is 50.4 Å². The van der Waals surface area contributed by atoms with Gasteiger partial charge in [0, 0.05) is 10.9 Å². The van der Waals surface area contributed by atoms with Gasteiger partial charge in [-0.3, -0.25) is 0 Å². The van der Waals surface area contributed by atoms with Crippen molar-refractivity contribution < 1.29 is 18.3 Å². The predicted molar refractivity (Wildman–Crippen MR) is 96.0 cm³/mol. The second-order valence-corrected chi connectivity index (χ2v) is 6.52. The first-order valence-electron chi connectivity index (χ1n) is 7.11. The highest BCUT2D eigenvalue weighted by Gasteiger charge is 2.22. The molecule has 24 heavy (non-hydrogen) atoms. The van der Waals surface area contributed by atoms with Crippen molar-refractivity contribution in [2.24, 2.45) is 0 Å². The van der Waals surface area contributed by atoms with Gasteiger partial charge in [-0.1, -0.05) is 6.92 Å². The monoisotopic (exact) mass is 370 g/mol. The lowest BCUT2D eigenvalue weighted by Crippen LogP contribution is -2.21. The minimum atomic E-state index is -0.760. The van der Waals surface area contributed by atoms with Gasteiger partial charge in [0.25, 0.3) is 0 Å². The van der Waals surface area contributed by atoms with E-state index in [4.69, 9.17) is 17.0 Å². The Balaban J connectivity index is 2.24. The number of nitrogens with one attached hydrogen (secondary N) is 2. The predicted octanol–water partition coefficient (Wildman–Crippen LogP) is 4.49. The minimum absolute atomic E-state index is 0.0394. The van der Waals surface area contributed by atoms with Crippen LogP contribution >= 0.6 is 23.6 Å². The lowest BCUT2D eigenvalue weighted by Gasteiger charge is -2.11. The van der Waals surface area contributed by atoms with E-state index in [2.05, 4.69) is 10.6 Å². The van der Waals surface area contributed by atoms with Crippen LogP contribution in [0.3, 0.4) is 0 Å². The Hall–Kier alpha value is -2.06. The highest BCUT2D eigenvalue weighted by molar-refractivity contribution is 7.80. The average molecular weight is 370 g/mol. The number of aryl methyl sites for hydroxylation is 1. The fourth-order valence-corrected chi connectivity index (χ4v) is 3.67. The van der Waals surface area contributed by atoms with E-state index in [9.17, 15) is 13.6 Å². The maximum atomic E-state index is 13.7. The molecular formula is C16H16F2N2O2S2. The van der Waals surface area contributed by atoms with Gasteiger partial charge >= 0.3 is 5.97 Å². The standard InChI is InChI=1S/C16H16F2N2O2S2/c1-4-10-8(2)24-14(13(10)15(21)22-3)20-16(23)19-12-6-5-9(17)7-11(12)18/h5-7H,4H2,1-3H3,(H2,19,20,23). The lowest BCUT2D eigenvalue weighted by atomic mass is 10.1. The maximum Gasteiger partial charge on any atom is 0.341 e. The Labute approximate surface area is 147 Å². The quantitative estimate of drug-likeness (QED) is 0.613. The zero-order chi connectivity index (χ0) is 17.9. The zero-order valence-electron chi connectivity index (χ0n) is 13.3. The van der Waals surface area contributed by atoms with Gasteiger partial charge in [-0.25, -0.2) is 13.6 Å². The number of carbonyl (C=O) groups excluding carboxylic acids is 1. The van der Waals surface area contributed by atoms with Gasteiger partial charge in [0.15, 0.2) is 5.11 Å². The normalized spacial score (nSPS) is 10.4. The van der Waals surface area contributed by atoms with Crippen LogP contribution in [0, 0.1) is 18.6 Å². The Bertz CT molecular complexity index is 791. The van der Waals surface area contributed by atoms with Crippen LogP contribution in [0.4, 0.5) is 19.5 Å². The summed E-state index contributed by atoms with van der Waals surface area (Å²) in [6.45, 7) is 3.84. The molecule has 0 amide bonds. The van der Waals surface area contributed by atoms with E-state index in [-0.39, 0.29) is 10.8 Å². The van der Waals surface area contributed by atoms with E-state index < -0.39 is 17.6 Å². The van der Waals surface area contributed by atoms with E-state index in [1.54, 1.807) is 0 Å². The second-order valence-electron chi connectivity index (χ2n) is 4.89. The van der Waals surface area contributed by atoms with Crippen LogP contribution in [0.25, 0.3) is 0 Å². The van der Waals surface area contributed by atoms with E-state index >= 15 is 0 Å². The molecule has 0 atom stereocenters. The van der Waals surface area contributed by atoms with Gasteiger partial charge in [-0.05, 0) is 43.3 Å². The first-order chi connectivity index (χ1) is 11.4. The molecule has 2 N–H and O–H groups in total. The smallest absolute Gasteiger partial charge is 0.341 e. The van der Waals surface area contributed by atoms with Crippen LogP contribution in [-0.4, -0.2) is 18.2 Å². The van der Waals surface area contributed by atoms with Crippen molar-refractivity contribution in [1.29, 1.82) is 0 Å². The van der Waals surface area contributed by atoms with Crippen molar-refractivity contribution in [2.75, 3.05) is 17.7 Å². The molecule has 2 rings (SSSR count). The Kier molecular flexibility index (Phi) is 5.84. The van der Waals surface area contributed by atoms with Crippen LogP contribution in [0.2, 0.25) is 0 Å². The molecule has 0 unspecified atom stereocenters. The van der Waals surface area contributed by atoms with Crippen molar-refractivity contribution in [3.63, 3.8) is 0 Å². The van der Waals surface area contributed by atoms with E-state index in [1.165, 1.54) is 24.5 Å². The van der Waals surface area contributed by atoms with E-state index in [1.807, 2.05) is 13.8 Å². The number of thiophene rings is 1. The van der Waals surface area contributed by atoms with Gasteiger partial charge in [0.2, 0.25) is 0 Å². The number of hydrogen-bond acceptors (Lipinski definition) is 4. The Morgan fingerprint density at radius 2 is 2.04 bits per heavy atom. The number of thiocarbonyl (C=S) groups is 1. The molecule has 1 aromatic carbocycles. The number of ether oxygens (including phenoxy) is 1. The van der Waals surface area contributed by atoms with Crippen LogP contribution in [0.15, 0.2) is 18.2 Å². The summed E-state index contributed by atoms with van der Waals surface area (Å²) < 4.78 is 31.4. The maximum absolute atomic E-state index is 13.7. The summed E-state index contributed by atoms with van der Waals surface area (Å²) in [5.41, 5.74) is 1.34. The largest absolute Gasteiger partial charge is 0.465 e. The third kappa shape index (κ3) is 3.88.